The van der Waals surface area contributed by atoms with Crippen molar-refractivity contribution in [2.24, 2.45) is 0 Å². The summed E-state index contributed by atoms with van der Waals surface area (Å²) in [6, 6.07) is 23.4. The van der Waals surface area contributed by atoms with Gasteiger partial charge in [-0.1, -0.05) is 42.5 Å². The second-order valence-electron chi connectivity index (χ2n) is 7.28. The molecule has 8 heteroatoms. The van der Waals surface area contributed by atoms with E-state index in [-0.39, 0.29) is 17.9 Å². The Balaban J connectivity index is 1.25. The molecule has 3 heterocycles. The van der Waals surface area contributed by atoms with E-state index in [0.29, 0.717) is 11.3 Å². The number of nitrogens with zero attached hydrogens (tertiary/aromatic N) is 3. The molecule has 0 fully saturated rings. The number of amides is 2. The van der Waals surface area contributed by atoms with E-state index in [0.717, 1.165) is 16.7 Å². The number of aromatic nitrogens is 3. The van der Waals surface area contributed by atoms with E-state index in [2.05, 4.69) is 20.8 Å². The molecule has 8 nitrogen and oxygen atoms in total. The predicted octanol–water partition coefficient (Wildman–Crippen LogP) is 3.54. The molecule has 2 aromatic carbocycles. The van der Waals surface area contributed by atoms with Crippen molar-refractivity contribution in [3.63, 3.8) is 0 Å². The standard InChI is InChI=1S/C25H19N5O3/c31-24(28-29-25(32)21-13-12-17-7-1-3-9-20(17)27-21)19-8-2-4-10-22(19)33-16-18-15-30-14-6-5-11-23(30)26-18/h1-15H,16H2,(H,28,31)(H,29,32). The van der Waals surface area contributed by atoms with Gasteiger partial charge < -0.3 is 9.14 Å². The van der Waals surface area contributed by atoms with Crippen LogP contribution in [0.2, 0.25) is 0 Å². The van der Waals surface area contributed by atoms with Crippen LogP contribution in [0, 0.1) is 0 Å². The smallest absolute Gasteiger partial charge is 0.288 e. The Hall–Kier alpha value is -4.72. The van der Waals surface area contributed by atoms with Crippen LogP contribution in [0.15, 0.2) is 91.3 Å². The van der Waals surface area contributed by atoms with E-state index in [9.17, 15) is 9.59 Å². The molecule has 3 aromatic heterocycles. The van der Waals surface area contributed by atoms with Crippen molar-refractivity contribution in [1.29, 1.82) is 0 Å². The first kappa shape index (κ1) is 20.2. The van der Waals surface area contributed by atoms with Gasteiger partial charge in [0.15, 0.2) is 0 Å². The normalized spacial score (nSPS) is 10.8. The van der Waals surface area contributed by atoms with E-state index in [4.69, 9.17) is 4.74 Å². The molecule has 0 unspecified atom stereocenters. The minimum absolute atomic E-state index is 0.194. The monoisotopic (exact) mass is 437 g/mol. The molecule has 0 bridgehead atoms. The summed E-state index contributed by atoms with van der Waals surface area (Å²) in [4.78, 5) is 34.0. The van der Waals surface area contributed by atoms with Crippen LogP contribution in [0.4, 0.5) is 0 Å². The number of imidazole rings is 1. The van der Waals surface area contributed by atoms with E-state index in [1.165, 1.54) is 0 Å². The summed E-state index contributed by atoms with van der Waals surface area (Å²) in [7, 11) is 0. The summed E-state index contributed by atoms with van der Waals surface area (Å²) in [5.74, 6) is -0.642. The van der Waals surface area contributed by atoms with Crippen molar-refractivity contribution in [3.05, 3.63) is 108 Å². The number of carbonyl (C=O) groups excluding carboxylic acids is 2. The maximum absolute atomic E-state index is 12.7. The van der Waals surface area contributed by atoms with Crippen LogP contribution in [0.25, 0.3) is 16.6 Å². The van der Waals surface area contributed by atoms with Gasteiger partial charge in [0.25, 0.3) is 11.8 Å². The number of para-hydroxylation sites is 2. The molecule has 0 aliphatic heterocycles. The summed E-state index contributed by atoms with van der Waals surface area (Å²) in [5.41, 5.74) is 7.56. The maximum Gasteiger partial charge on any atom is 0.288 e. The number of benzene rings is 2. The molecule has 5 rings (SSSR count). The highest BCUT2D eigenvalue weighted by Gasteiger charge is 2.15. The SMILES string of the molecule is O=C(NNC(=O)c1ccccc1OCc1cn2ccccc2n1)c1ccc2ccccc2n1. The van der Waals surface area contributed by atoms with E-state index >= 15 is 0 Å². The molecule has 0 spiro atoms. The molecular formula is C25H19N5O3. The lowest BCUT2D eigenvalue weighted by molar-refractivity contribution is 0.0841. The summed E-state index contributed by atoms with van der Waals surface area (Å²) in [6.07, 6.45) is 3.77. The highest BCUT2D eigenvalue weighted by molar-refractivity contribution is 6.00. The number of pyridine rings is 2. The van der Waals surface area contributed by atoms with E-state index < -0.39 is 11.8 Å². The van der Waals surface area contributed by atoms with Crippen LogP contribution < -0.4 is 15.6 Å². The second kappa shape index (κ2) is 8.80. The van der Waals surface area contributed by atoms with E-state index in [1.54, 1.807) is 30.3 Å². The van der Waals surface area contributed by atoms with Crippen LogP contribution in [0.3, 0.4) is 0 Å². The third-order valence-electron chi connectivity index (χ3n) is 5.04. The Bertz CT molecular complexity index is 1440. The zero-order valence-electron chi connectivity index (χ0n) is 17.4. The number of fused-ring (bicyclic) bond motifs is 2. The lowest BCUT2D eigenvalue weighted by atomic mass is 10.2. The largest absolute Gasteiger partial charge is 0.486 e. The van der Waals surface area contributed by atoms with Gasteiger partial charge in [0.05, 0.1) is 16.8 Å². The van der Waals surface area contributed by atoms with Crippen molar-refractivity contribution in [3.8, 4) is 5.75 Å². The van der Waals surface area contributed by atoms with Crippen LogP contribution >= 0.6 is 0 Å². The van der Waals surface area contributed by atoms with Gasteiger partial charge in [-0.2, -0.15) is 0 Å². The summed E-state index contributed by atoms with van der Waals surface area (Å²) < 4.78 is 7.75. The number of rotatable bonds is 5. The van der Waals surface area contributed by atoms with Crippen molar-refractivity contribution in [2.75, 3.05) is 0 Å². The van der Waals surface area contributed by atoms with Crippen LogP contribution in [-0.4, -0.2) is 26.2 Å². The molecular weight excluding hydrogens is 418 g/mol. The van der Waals surface area contributed by atoms with Gasteiger partial charge >= 0.3 is 0 Å². The minimum Gasteiger partial charge on any atom is -0.486 e. The predicted molar refractivity (Wildman–Crippen MR) is 123 cm³/mol. The first-order valence-electron chi connectivity index (χ1n) is 10.3. The van der Waals surface area contributed by atoms with Gasteiger partial charge in [-0.3, -0.25) is 20.4 Å². The number of hydrogen-bond acceptors (Lipinski definition) is 5. The molecule has 2 amide bonds. The molecule has 0 aliphatic carbocycles. The topological polar surface area (TPSA) is 97.6 Å². The lowest BCUT2D eigenvalue weighted by Gasteiger charge is -2.11. The minimum atomic E-state index is -0.516. The van der Waals surface area contributed by atoms with Crippen molar-refractivity contribution < 1.29 is 14.3 Å². The van der Waals surface area contributed by atoms with Crippen LogP contribution in [0.5, 0.6) is 5.75 Å². The highest BCUT2D eigenvalue weighted by atomic mass is 16.5. The van der Waals surface area contributed by atoms with Gasteiger partial charge in [0.1, 0.15) is 23.7 Å². The summed E-state index contributed by atoms with van der Waals surface area (Å²) in [6.45, 7) is 0.194. The molecule has 2 N–H and O–H groups in total. The molecule has 162 valence electrons. The zero-order chi connectivity index (χ0) is 22.6. The molecule has 33 heavy (non-hydrogen) atoms. The molecule has 0 saturated carbocycles. The van der Waals surface area contributed by atoms with Gasteiger partial charge in [-0.05, 0) is 36.4 Å². The van der Waals surface area contributed by atoms with Crippen LogP contribution in [-0.2, 0) is 6.61 Å². The Labute approximate surface area is 188 Å². The molecule has 0 atom stereocenters. The third-order valence-corrected chi connectivity index (χ3v) is 5.04. The average Bonchev–Trinajstić information content (AvgIpc) is 3.29. The van der Waals surface area contributed by atoms with Gasteiger partial charge in [-0.15, -0.1) is 0 Å². The van der Waals surface area contributed by atoms with Crippen molar-refractivity contribution >= 4 is 28.4 Å². The second-order valence-corrected chi connectivity index (χ2v) is 7.28. The molecule has 5 aromatic rings. The first-order valence-corrected chi connectivity index (χ1v) is 10.3. The number of hydrazine groups is 1. The number of nitrogens with one attached hydrogen (secondary N) is 2. The van der Waals surface area contributed by atoms with Gasteiger partial charge in [0.2, 0.25) is 0 Å². The van der Waals surface area contributed by atoms with Gasteiger partial charge in [0, 0.05) is 17.8 Å². The number of carbonyl (C=O) groups is 2. The highest BCUT2D eigenvalue weighted by Crippen LogP contribution is 2.19. The van der Waals surface area contributed by atoms with Crippen LogP contribution in [0.1, 0.15) is 26.5 Å². The summed E-state index contributed by atoms with van der Waals surface area (Å²) >= 11 is 0. The fourth-order valence-corrected chi connectivity index (χ4v) is 3.43. The Morgan fingerprint density at radius 2 is 1.61 bits per heavy atom. The molecule has 0 aliphatic rings. The van der Waals surface area contributed by atoms with E-state index in [1.807, 2.05) is 65.3 Å². The van der Waals surface area contributed by atoms with Gasteiger partial charge in [-0.25, -0.2) is 9.97 Å². The van der Waals surface area contributed by atoms with Crippen molar-refractivity contribution in [2.45, 2.75) is 6.61 Å². The molecule has 0 radical (unpaired) electrons. The zero-order valence-corrected chi connectivity index (χ0v) is 17.4. The summed E-state index contributed by atoms with van der Waals surface area (Å²) in [5, 5.41) is 0.926. The Kier molecular flexibility index (Phi) is 5.38. The number of ether oxygens (including phenoxy) is 1. The third kappa shape index (κ3) is 4.35. The first-order chi connectivity index (χ1) is 16.2. The fraction of sp³-hybridized carbons (Fsp3) is 0.0400. The van der Waals surface area contributed by atoms with Crippen molar-refractivity contribution in [1.82, 2.24) is 25.2 Å². The average molecular weight is 437 g/mol. The fourth-order valence-electron chi connectivity index (χ4n) is 3.43. The quantitative estimate of drug-likeness (QED) is 0.410. The lowest BCUT2D eigenvalue weighted by Crippen LogP contribution is -2.42. The Morgan fingerprint density at radius 3 is 2.52 bits per heavy atom. The number of hydrogen-bond donors (Lipinski definition) is 2. The maximum atomic E-state index is 12.7. The Morgan fingerprint density at radius 1 is 0.818 bits per heavy atom. The molecule has 0 saturated heterocycles.